The van der Waals surface area contributed by atoms with Gasteiger partial charge in [0.1, 0.15) is 11.5 Å². The van der Waals surface area contributed by atoms with E-state index in [0.717, 1.165) is 78.3 Å². The Kier molecular flexibility index (Phi) is 11.1. The van der Waals surface area contributed by atoms with Gasteiger partial charge in [-0.05, 0) is 119 Å². The van der Waals surface area contributed by atoms with Crippen LogP contribution < -0.4 is 8.85 Å². The SMILES string of the molecule is CC(C)(C)[Si](C)(C)Oc1cc(-c2ccc(N=Cc3ccc4ccccc4n3)cc2)c(-c2ccc(N=Cc3ccc4ccccc4n3)cc2)cc1O[Si](C)(C)C(C)(C)C. The first kappa shape index (κ1) is 40.5. The molecule has 0 bridgehead atoms. The molecule has 0 fully saturated rings. The van der Waals surface area contributed by atoms with Gasteiger partial charge in [0, 0.05) is 10.8 Å². The van der Waals surface area contributed by atoms with E-state index in [0.29, 0.717) is 0 Å². The van der Waals surface area contributed by atoms with Crippen molar-refractivity contribution < 1.29 is 8.85 Å². The van der Waals surface area contributed by atoms with Crippen LogP contribution in [0.15, 0.2) is 143 Å². The standard InChI is InChI=1S/C50H54N4O2Si2/c1-49(2,3)57(7,8)55-47-31-43(35-19-25-39(26-20-35)51-33-41-29-23-37-15-11-13-17-45(37)53-41)44(32-48(47)56-58(9,10)50(4,5)6)36-21-27-40(28-22-36)52-34-42-30-24-38-16-12-14-18-46(38)54-42/h11-34H,1-10H3. The second kappa shape index (κ2) is 15.9. The molecule has 7 rings (SSSR count). The molecule has 58 heavy (non-hydrogen) atoms. The van der Waals surface area contributed by atoms with Gasteiger partial charge in [-0.3, -0.25) is 9.98 Å². The molecule has 0 amide bonds. The predicted octanol–water partition coefficient (Wildman–Crippen LogP) is 14.4. The predicted molar refractivity (Wildman–Crippen MR) is 251 cm³/mol. The van der Waals surface area contributed by atoms with Crippen molar-refractivity contribution in [1.82, 2.24) is 9.97 Å². The Balaban J connectivity index is 1.29. The number of benzene rings is 5. The Morgan fingerprint density at radius 3 is 1.19 bits per heavy atom. The molecule has 8 heteroatoms. The van der Waals surface area contributed by atoms with Crippen molar-refractivity contribution >= 4 is 62.2 Å². The molecule has 0 atom stereocenters. The highest BCUT2D eigenvalue weighted by molar-refractivity contribution is 6.75. The van der Waals surface area contributed by atoms with Crippen LogP contribution in [0.1, 0.15) is 52.9 Å². The van der Waals surface area contributed by atoms with E-state index in [1.807, 2.05) is 61.0 Å². The summed E-state index contributed by atoms with van der Waals surface area (Å²) in [5.41, 5.74) is 9.45. The molecule has 7 aromatic rings. The lowest BCUT2D eigenvalue weighted by atomic mass is 9.93. The van der Waals surface area contributed by atoms with Gasteiger partial charge >= 0.3 is 0 Å². The molecule has 2 aromatic heterocycles. The molecule has 0 unspecified atom stereocenters. The smallest absolute Gasteiger partial charge is 0.250 e. The Bertz CT molecular complexity index is 2450. The quantitative estimate of drug-likeness (QED) is 0.102. The van der Waals surface area contributed by atoms with Crippen molar-refractivity contribution in [3.05, 3.63) is 145 Å². The largest absolute Gasteiger partial charge is 0.541 e. The maximum atomic E-state index is 7.15. The summed E-state index contributed by atoms with van der Waals surface area (Å²) >= 11 is 0. The lowest BCUT2D eigenvalue weighted by Gasteiger charge is -2.40. The monoisotopic (exact) mass is 798 g/mol. The summed E-state index contributed by atoms with van der Waals surface area (Å²) < 4.78 is 14.3. The minimum absolute atomic E-state index is 0.00164. The third-order valence-corrected chi connectivity index (χ3v) is 20.4. The Morgan fingerprint density at radius 2 is 0.828 bits per heavy atom. The number of para-hydroxylation sites is 2. The Morgan fingerprint density at radius 1 is 0.466 bits per heavy atom. The first-order chi connectivity index (χ1) is 27.5. The highest BCUT2D eigenvalue weighted by atomic mass is 28.4. The van der Waals surface area contributed by atoms with E-state index in [1.165, 1.54) is 0 Å². The van der Waals surface area contributed by atoms with Gasteiger partial charge in [-0.2, -0.15) is 0 Å². The number of nitrogens with zero attached hydrogens (tertiary/aromatic N) is 4. The van der Waals surface area contributed by atoms with Crippen LogP contribution in [0.4, 0.5) is 11.4 Å². The lowest BCUT2D eigenvalue weighted by molar-refractivity contribution is 0.441. The van der Waals surface area contributed by atoms with Gasteiger partial charge in [0.25, 0.3) is 16.6 Å². The topological polar surface area (TPSA) is 69.0 Å². The summed E-state index contributed by atoms with van der Waals surface area (Å²) in [6.45, 7) is 22.8. The molecular weight excluding hydrogens is 745 g/mol. The van der Waals surface area contributed by atoms with E-state index >= 15 is 0 Å². The summed E-state index contributed by atoms with van der Waals surface area (Å²) in [6, 6.07) is 45.6. The van der Waals surface area contributed by atoms with Crippen molar-refractivity contribution in [1.29, 1.82) is 0 Å². The summed E-state index contributed by atoms with van der Waals surface area (Å²) in [5.74, 6) is 1.59. The van der Waals surface area contributed by atoms with Gasteiger partial charge in [-0.15, -0.1) is 0 Å². The molecule has 0 N–H and O–H groups in total. The summed E-state index contributed by atoms with van der Waals surface area (Å²) in [4.78, 5) is 19.1. The second-order valence-electron chi connectivity index (χ2n) is 18.0. The van der Waals surface area contributed by atoms with E-state index < -0.39 is 16.6 Å². The minimum Gasteiger partial charge on any atom is -0.541 e. The summed E-state index contributed by atoms with van der Waals surface area (Å²) in [7, 11) is -4.52. The molecule has 5 aromatic carbocycles. The Hall–Kier alpha value is -5.71. The van der Waals surface area contributed by atoms with Crippen LogP contribution in [0.2, 0.25) is 36.3 Å². The lowest BCUT2D eigenvalue weighted by Crippen LogP contribution is -2.45. The molecule has 0 radical (unpaired) electrons. The van der Waals surface area contributed by atoms with E-state index in [9.17, 15) is 0 Å². The fraction of sp³-hybridized carbons (Fsp3) is 0.240. The van der Waals surface area contributed by atoms with Crippen LogP contribution in [0.3, 0.4) is 0 Å². The molecule has 0 aliphatic carbocycles. The highest BCUT2D eigenvalue weighted by Gasteiger charge is 2.42. The third kappa shape index (κ3) is 9.04. The fourth-order valence-electron chi connectivity index (χ4n) is 6.10. The van der Waals surface area contributed by atoms with Crippen LogP contribution in [0, 0.1) is 0 Å². The number of rotatable bonds is 10. The maximum Gasteiger partial charge on any atom is 0.250 e. The number of aliphatic imine (C=N–C) groups is 2. The highest BCUT2D eigenvalue weighted by Crippen LogP contribution is 2.48. The van der Waals surface area contributed by atoms with Crippen LogP contribution in [0.5, 0.6) is 11.5 Å². The average molecular weight is 799 g/mol. The van der Waals surface area contributed by atoms with E-state index in [2.05, 4.69) is 153 Å². The minimum atomic E-state index is -2.26. The van der Waals surface area contributed by atoms with Gasteiger partial charge in [-0.1, -0.05) is 114 Å². The van der Waals surface area contributed by atoms with Crippen LogP contribution in [0.25, 0.3) is 44.1 Å². The zero-order chi connectivity index (χ0) is 41.3. The number of hydrogen-bond acceptors (Lipinski definition) is 6. The third-order valence-electron chi connectivity index (χ3n) is 11.7. The van der Waals surface area contributed by atoms with E-state index in [1.54, 1.807) is 0 Å². The van der Waals surface area contributed by atoms with Crippen molar-refractivity contribution in [2.24, 2.45) is 9.98 Å². The van der Waals surface area contributed by atoms with Gasteiger partial charge in [-0.25, -0.2) is 9.97 Å². The first-order valence-electron chi connectivity index (χ1n) is 20.0. The second-order valence-corrected chi connectivity index (χ2v) is 27.5. The van der Waals surface area contributed by atoms with Crippen LogP contribution in [-0.2, 0) is 0 Å². The van der Waals surface area contributed by atoms with E-state index in [-0.39, 0.29) is 10.1 Å². The number of fused-ring (bicyclic) bond motifs is 2. The molecule has 6 nitrogen and oxygen atoms in total. The molecule has 0 saturated heterocycles. The van der Waals surface area contributed by atoms with Crippen molar-refractivity contribution in [3.63, 3.8) is 0 Å². The van der Waals surface area contributed by atoms with Gasteiger partial charge < -0.3 is 8.85 Å². The van der Waals surface area contributed by atoms with Crippen LogP contribution >= 0.6 is 0 Å². The summed E-state index contributed by atoms with van der Waals surface area (Å²) in [5, 5.41) is 2.22. The molecule has 0 spiro atoms. The number of pyridine rings is 2. The maximum absolute atomic E-state index is 7.15. The van der Waals surface area contributed by atoms with Gasteiger partial charge in [0.2, 0.25) is 0 Å². The van der Waals surface area contributed by atoms with Crippen molar-refractivity contribution in [3.8, 4) is 33.8 Å². The molecule has 0 saturated carbocycles. The molecular formula is C50H54N4O2Si2. The first-order valence-corrected chi connectivity index (χ1v) is 25.8. The molecule has 0 aliphatic heterocycles. The number of aromatic nitrogens is 2. The molecule has 294 valence electrons. The zero-order valence-corrected chi connectivity index (χ0v) is 37.5. The van der Waals surface area contributed by atoms with Crippen molar-refractivity contribution in [2.75, 3.05) is 0 Å². The van der Waals surface area contributed by atoms with Gasteiger partial charge in [0.15, 0.2) is 0 Å². The molecule has 0 aliphatic rings. The van der Waals surface area contributed by atoms with Crippen molar-refractivity contribution in [2.45, 2.75) is 77.8 Å². The normalized spacial score (nSPS) is 12.9. The van der Waals surface area contributed by atoms with Crippen LogP contribution in [-0.4, -0.2) is 39.0 Å². The Labute approximate surface area is 346 Å². The van der Waals surface area contributed by atoms with E-state index in [4.69, 9.17) is 28.8 Å². The molecule has 2 heterocycles. The summed E-state index contributed by atoms with van der Waals surface area (Å²) in [6.07, 6.45) is 3.65. The fourth-order valence-corrected chi connectivity index (χ4v) is 8.13. The van der Waals surface area contributed by atoms with Gasteiger partial charge in [0.05, 0.1) is 46.2 Å². The number of hydrogen-bond donors (Lipinski definition) is 0. The zero-order valence-electron chi connectivity index (χ0n) is 35.5. The average Bonchev–Trinajstić information content (AvgIpc) is 3.19.